The zero-order valence-corrected chi connectivity index (χ0v) is 12.8. The van der Waals surface area contributed by atoms with E-state index in [0.717, 1.165) is 0 Å². The number of benzene rings is 1. The highest BCUT2D eigenvalue weighted by Crippen LogP contribution is 2.24. The highest BCUT2D eigenvalue weighted by atomic mass is 35.5. The van der Waals surface area contributed by atoms with Crippen molar-refractivity contribution in [1.29, 1.82) is 5.26 Å². The Hall–Kier alpha value is -2.03. The summed E-state index contributed by atoms with van der Waals surface area (Å²) in [5.41, 5.74) is 1.02. The molecule has 0 radical (unpaired) electrons. The summed E-state index contributed by atoms with van der Waals surface area (Å²) < 4.78 is 1.55. The van der Waals surface area contributed by atoms with Crippen LogP contribution in [0.15, 0.2) is 30.5 Å². The minimum Gasteiger partial charge on any atom is -0.339 e. The lowest BCUT2D eigenvalue weighted by molar-refractivity contribution is 0.0792. The molecule has 0 aliphatic heterocycles. The number of carbonyl (C=O) groups excluding carboxylic acids is 1. The molecule has 0 atom stereocenters. The number of carbonyl (C=O) groups is 1. The normalized spacial score (nSPS) is 10.2. The van der Waals surface area contributed by atoms with Crippen molar-refractivity contribution in [3.63, 3.8) is 0 Å². The van der Waals surface area contributed by atoms with Crippen LogP contribution in [0.3, 0.4) is 0 Å². The average Bonchev–Trinajstić information content (AvgIpc) is 2.96. The topological polar surface area (TPSA) is 61.9 Å². The summed E-state index contributed by atoms with van der Waals surface area (Å²) in [4.78, 5) is 13.6. The Morgan fingerprint density at radius 2 is 2.14 bits per heavy atom. The van der Waals surface area contributed by atoms with Crippen LogP contribution >= 0.6 is 23.2 Å². The SMILES string of the molecule is CN(CCC#N)C(=O)c1ccn(-c2ccc(Cl)c(Cl)c2)n1. The molecule has 0 saturated carbocycles. The van der Waals surface area contributed by atoms with Gasteiger partial charge in [-0.2, -0.15) is 10.4 Å². The Morgan fingerprint density at radius 3 is 2.81 bits per heavy atom. The van der Waals surface area contributed by atoms with Crippen molar-refractivity contribution in [2.45, 2.75) is 6.42 Å². The van der Waals surface area contributed by atoms with Crippen LogP contribution in [-0.2, 0) is 0 Å². The van der Waals surface area contributed by atoms with E-state index < -0.39 is 0 Å². The first-order chi connectivity index (χ1) is 10.0. The molecule has 0 spiro atoms. The second-order valence-electron chi connectivity index (χ2n) is 4.38. The van der Waals surface area contributed by atoms with Crippen LogP contribution in [0.4, 0.5) is 0 Å². The van der Waals surface area contributed by atoms with Gasteiger partial charge in [-0.25, -0.2) is 4.68 Å². The largest absolute Gasteiger partial charge is 0.339 e. The Balaban J connectivity index is 2.19. The maximum atomic E-state index is 12.1. The molecule has 108 valence electrons. The fourth-order valence-electron chi connectivity index (χ4n) is 1.72. The number of halogens is 2. The van der Waals surface area contributed by atoms with Crippen LogP contribution in [0.25, 0.3) is 5.69 Å². The minimum atomic E-state index is -0.232. The molecule has 0 aliphatic carbocycles. The molecule has 5 nitrogen and oxygen atoms in total. The standard InChI is InChI=1S/C14H12Cl2N4O/c1-19(7-2-6-17)14(21)13-5-8-20(18-13)10-3-4-11(15)12(16)9-10/h3-5,8-9H,2,7H2,1H3. The molecule has 0 N–H and O–H groups in total. The third-order valence-electron chi connectivity index (χ3n) is 2.88. The van der Waals surface area contributed by atoms with E-state index in [4.69, 9.17) is 28.5 Å². The number of nitrogens with zero attached hydrogens (tertiary/aromatic N) is 4. The van der Waals surface area contributed by atoms with Crippen molar-refractivity contribution in [2.75, 3.05) is 13.6 Å². The first-order valence-corrected chi connectivity index (χ1v) is 6.92. The Kier molecular flexibility index (Phi) is 4.84. The van der Waals surface area contributed by atoms with Gasteiger partial charge in [-0.05, 0) is 24.3 Å². The zero-order valence-electron chi connectivity index (χ0n) is 11.3. The van der Waals surface area contributed by atoms with Gasteiger partial charge in [0.05, 0.1) is 28.2 Å². The van der Waals surface area contributed by atoms with Gasteiger partial charge in [0.1, 0.15) is 0 Å². The number of hydrogen-bond acceptors (Lipinski definition) is 3. The second kappa shape index (κ2) is 6.61. The maximum Gasteiger partial charge on any atom is 0.274 e. The predicted octanol–water partition coefficient (Wildman–Crippen LogP) is 3.16. The molecule has 1 heterocycles. The average molecular weight is 323 g/mol. The lowest BCUT2D eigenvalue weighted by atomic mass is 10.3. The number of hydrogen-bond donors (Lipinski definition) is 0. The van der Waals surface area contributed by atoms with Crippen LogP contribution in [0.2, 0.25) is 10.0 Å². The van der Waals surface area contributed by atoms with Crippen molar-refractivity contribution in [3.8, 4) is 11.8 Å². The van der Waals surface area contributed by atoms with E-state index in [0.29, 0.717) is 28.0 Å². The van der Waals surface area contributed by atoms with Gasteiger partial charge in [0, 0.05) is 19.8 Å². The second-order valence-corrected chi connectivity index (χ2v) is 5.19. The number of amides is 1. The van der Waals surface area contributed by atoms with Crippen LogP contribution in [0.1, 0.15) is 16.9 Å². The maximum absolute atomic E-state index is 12.1. The van der Waals surface area contributed by atoms with Gasteiger partial charge < -0.3 is 4.90 Å². The molecule has 0 saturated heterocycles. The zero-order chi connectivity index (χ0) is 15.4. The molecule has 2 rings (SSSR count). The summed E-state index contributed by atoms with van der Waals surface area (Å²) in [5.74, 6) is -0.232. The van der Waals surface area contributed by atoms with E-state index in [1.807, 2.05) is 6.07 Å². The van der Waals surface area contributed by atoms with E-state index in [2.05, 4.69) is 5.10 Å². The Bertz CT molecular complexity index is 705. The van der Waals surface area contributed by atoms with Crippen molar-refractivity contribution in [3.05, 3.63) is 46.2 Å². The van der Waals surface area contributed by atoms with Gasteiger partial charge in [0.15, 0.2) is 5.69 Å². The fraction of sp³-hybridized carbons (Fsp3) is 0.214. The summed E-state index contributed by atoms with van der Waals surface area (Å²) in [6.07, 6.45) is 1.96. The molecule has 2 aromatic rings. The molecule has 1 amide bonds. The summed E-state index contributed by atoms with van der Waals surface area (Å²) in [6.45, 7) is 0.370. The summed E-state index contributed by atoms with van der Waals surface area (Å²) in [5, 5.41) is 13.6. The molecule has 1 aromatic carbocycles. The van der Waals surface area contributed by atoms with Gasteiger partial charge in [-0.15, -0.1) is 0 Å². The van der Waals surface area contributed by atoms with E-state index in [9.17, 15) is 4.79 Å². The Labute approximate surface area is 132 Å². The van der Waals surface area contributed by atoms with E-state index in [1.165, 1.54) is 4.90 Å². The molecule has 0 aliphatic rings. The van der Waals surface area contributed by atoms with Crippen molar-refractivity contribution in [1.82, 2.24) is 14.7 Å². The quantitative estimate of drug-likeness (QED) is 0.868. The van der Waals surface area contributed by atoms with Crippen molar-refractivity contribution < 1.29 is 4.79 Å². The number of rotatable bonds is 4. The molecule has 7 heteroatoms. The van der Waals surface area contributed by atoms with Crippen molar-refractivity contribution in [2.24, 2.45) is 0 Å². The predicted molar refractivity (Wildman–Crippen MR) is 80.8 cm³/mol. The van der Waals surface area contributed by atoms with E-state index >= 15 is 0 Å². The summed E-state index contributed by atoms with van der Waals surface area (Å²) in [7, 11) is 1.64. The summed E-state index contributed by atoms with van der Waals surface area (Å²) in [6, 6.07) is 8.72. The van der Waals surface area contributed by atoms with Crippen LogP contribution in [-0.4, -0.2) is 34.2 Å². The fourth-order valence-corrected chi connectivity index (χ4v) is 2.02. The minimum absolute atomic E-state index is 0.232. The molecule has 21 heavy (non-hydrogen) atoms. The first kappa shape index (κ1) is 15.4. The highest BCUT2D eigenvalue weighted by molar-refractivity contribution is 6.42. The van der Waals surface area contributed by atoms with Gasteiger partial charge in [0.25, 0.3) is 5.91 Å². The van der Waals surface area contributed by atoms with Gasteiger partial charge >= 0.3 is 0 Å². The van der Waals surface area contributed by atoms with Crippen LogP contribution in [0.5, 0.6) is 0 Å². The van der Waals surface area contributed by atoms with E-state index in [-0.39, 0.29) is 12.3 Å². The lowest BCUT2D eigenvalue weighted by Crippen LogP contribution is -2.28. The molecule has 0 fully saturated rings. The molecule has 0 unspecified atom stereocenters. The lowest BCUT2D eigenvalue weighted by Gasteiger charge is -2.13. The number of aromatic nitrogens is 2. The monoisotopic (exact) mass is 322 g/mol. The van der Waals surface area contributed by atoms with Gasteiger partial charge in [-0.3, -0.25) is 4.79 Å². The third kappa shape index (κ3) is 3.54. The van der Waals surface area contributed by atoms with Crippen LogP contribution < -0.4 is 0 Å². The molecular weight excluding hydrogens is 311 g/mol. The highest BCUT2D eigenvalue weighted by Gasteiger charge is 2.15. The van der Waals surface area contributed by atoms with E-state index in [1.54, 1.807) is 42.2 Å². The smallest absolute Gasteiger partial charge is 0.274 e. The molecule has 1 aromatic heterocycles. The molecular formula is C14H12Cl2N4O. The number of nitriles is 1. The van der Waals surface area contributed by atoms with Crippen LogP contribution in [0, 0.1) is 11.3 Å². The van der Waals surface area contributed by atoms with Gasteiger partial charge in [-0.1, -0.05) is 23.2 Å². The Morgan fingerprint density at radius 1 is 1.38 bits per heavy atom. The summed E-state index contributed by atoms with van der Waals surface area (Å²) >= 11 is 11.8. The van der Waals surface area contributed by atoms with Gasteiger partial charge in [0.2, 0.25) is 0 Å². The first-order valence-electron chi connectivity index (χ1n) is 6.16. The third-order valence-corrected chi connectivity index (χ3v) is 3.62. The molecule has 0 bridgehead atoms. The van der Waals surface area contributed by atoms with Crippen molar-refractivity contribution >= 4 is 29.1 Å².